The molecule has 2 fully saturated rings. The molecule has 0 aliphatic carbocycles. The normalized spacial score (nSPS) is 24.8. The van der Waals surface area contributed by atoms with E-state index in [0.717, 1.165) is 25.7 Å². The highest BCUT2D eigenvalue weighted by atomic mass is 35.5. The second-order valence-electron chi connectivity index (χ2n) is 8.78. The van der Waals surface area contributed by atoms with Crippen molar-refractivity contribution in [2.24, 2.45) is 5.73 Å². The number of hydrogen-bond donors (Lipinski definition) is 2. The number of carbonyl (C=O) groups is 1. The van der Waals surface area contributed by atoms with Crippen molar-refractivity contribution in [3.8, 4) is 5.75 Å². The number of benzene rings is 1. The summed E-state index contributed by atoms with van der Waals surface area (Å²) in [5.74, 6) is 0.0474. The summed E-state index contributed by atoms with van der Waals surface area (Å²) in [6.45, 7) is 2.30. The van der Waals surface area contributed by atoms with Crippen LogP contribution in [0.25, 0.3) is 5.57 Å². The van der Waals surface area contributed by atoms with Crippen molar-refractivity contribution in [1.29, 1.82) is 0 Å². The average molecular weight is 458 g/mol. The lowest BCUT2D eigenvalue weighted by Crippen LogP contribution is -2.42. The van der Waals surface area contributed by atoms with E-state index in [1.165, 1.54) is 24.4 Å². The first kappa shape index (κ1) is 21.2. The van der Waals surface area contributed by atoms with Gasteiger partial charge in [0.25, 0.3) is 5.91 Å². The number of rotatable bonds is 4. The maximum absolute atomic E-state index is 14.1. The lowest BCUT2D eigenvalue weighted by molar-refractivity contribution is 0.0785. The molecule has 3 N–H and O–H groups in total. The summed E-state index contributed by atoms with van der Waals surface area (Å²) in [6.07, 6.45) is 5.47. The minimum Gasteiger partial charge on any atom is -0.489 e. The molecule has 3 aliphatic rings. The molecule has 1 unspecified atom stereocenters. The van der Waals surface area contributed by atoms with E-state index in [2.05, 4.69) is 15.3 Å². The van der Waals surface area contributed by atoms with E-state index in [-0.39, 0.29) is 30.9 Å². The Hall–Kier alpha value is -2.71. The predicted octanol–water partition coefficient (Wildman–Crippen LogP) is 3.07. The van der Waals surface area contributed by atoms with Crippen molar-refractivity contribution in [2.45, 2.75) is 50.8 Å². The first-order valence-corrected chi connectivity index (χ1v) is 11.2. The first-order chi connectivity index (χ1) is 15.4. The molecule has 4 heterocycles. The van der Waals surface area contributed by atoms with Gasteiger partial charge in [-0.05, 0) is 44.7 Å². The van der Waals surface area contributed by atoms with Gasteiger partial charge in [-0.2, -0.15) is 0 Å². The zero-order valence-corrected chi connectivity index (χ0v) is 18.5. The number of amides is 1. The van der Waals surface area contributed by atoms with Crippen molar-refractivity contribution in [3.05, 3.63) is 58.0 Å². The van der Waals surface area contributed by atoms with Crippen LogP contribution < -0.4 is 15.8 Å². The van der Waals surface area contributed by atoms with Crippen LogP contribution in [0.1, 0.15) is 47.6 Å². The molecular weight excluding hydrogens is 433 g/mol. The lowest BCUT2D eigenvalue weighted by atomic mass is 10.0. The summed E-state index contributed by atoms with van der Waals surface area (Å²) < 4.78 is 20.2. The van der Waals surface area contributed by atoms with Crippen molar-refractivity contribution in [2.75, 3.05) is 13.1 Å². The van der Waals surface area contributed by atoms with Crippen molar-refractivity contribution < 1.29 is 13.9 Å². The van der Waals surface area contributed by atoms with Gasteiger partial charge >= 0.3 is 0 Å². The molecule has 2 aromatic rings. The molecule has 2 saturated heterocycles. The van der Waals surface area contributed by atoms with Gasteiger partial charge in [0.2, 0.25) is 0 Å². The third-order valence-electron chi connectivity index (χ3n) is 6.47. The average Bonchev–Trinajstić information content (AvgIpc) is 3.31. The Bertz CT molecular complexity index is 1100. The maximum atomic E-state index is 14.1. The van der Waals surface area contributed by atoms with Gasteiger partial charge in [-0.25, -0.2) is 14.4 Å². The number of carbonyl (C=O) groups excluding carboxylic acids is 1. The van der Waals surface area contributed by atoms with Crippen molar-refractivity contribution in [3.63, 3.8) is 0 Å². The molecule has 1 aromatic carbocycles. The van der Waals surface area contributed by atoms with Gasteiger partial charge in [-0.1, -0.05) is 11.6 Å². The second kappa shape index (κ2) is 8.33. The van der Waals surface area contributed by atoms with Crippen LogP contribution in [0.2, 0.25) is 5.02 Å². The van der Waals surface area contributed by atoms with Crippen LogP contribution in [0.3, 0.4) is 0 Å². The number of aromatic nitrogens is 2. The molecular formula is C23H25ClFN5O2. The minimum absolute atomic E-state index is 0.0372. The minimum atomic E-state index is -0.432. The van der Waals surface area contributed by atoms with Gasteiger partial charge in [0.1, 0.15) is 17.7 Å². The van der Waals surface area contributed by atoms with Gasteiger partial charge in [-0.3, -0.25) is 4.79 Å². The van der Waals surface area contributed by atoms with Crippen molar-refractivity contribution >= 4 is 23.1 Å². The number of ether oxygens (including phenoxy) is 1. The first-order valence-electron chi connectivity index (χ1n) is 10.9. The summed E-state index contributed by atoms with van der Waals surface area (Å²) in [5, 5.41) is 4.03. The van der Waals surface area contributed by atoms with E-state index in [1.54, 1.807) is 11.8 Å². The fourth-order valence-corrected chi connectivity index (χ4v) is 4.92. The van der Waals surface area contributed by atoms with Crippen LogP contribution in [0.4, 0.5) is 4.39 Å². The molecule has 1 aromatic heterocycles. The van der Waals surface area contributed by atoms with E-state index in [1.807, 2.05) is 0 Å². The standard InChI is InChI=1S/C23H25ClFN5O2/c1-12-19(24)9-27-22(28-12)18-10-30(11-20(18)26)23(31)17-5-2-13(25)6-21(17)32-16-7-14-3-4-15(8-16)29-14/h2,5-6,9,14-16,29H,3-4,7-8,10-11,26H2,1H3/t14-,15+,16?. The Morgan fingerprint density at radius 2 is 2.03 bits per heavy atom. The maximum Gasteiger partial charge on any atom is 0.258 e. The Kier molecular flexibility index (Phi) is 5.51. The second-order valence-corrected chi connectivity index (χ2v) is 9.19. The SMILES string of the molecule is Cc1nc(C2=C(N)CN(C(=O)c3ccc(F)cc3OC3C[C@H]4CC[C@@H](C3)N4)C2)ncc1Cl. The fourth-order valence-electron chi connectivity index (χ4n) is 4.83. The molecule has 1 amide bonds. The van der Waals surface area contributed by atoms with E-state index in [4.69, 9.17) is 22.1 Å². The molecule has 5 rings (SSSR count). The third kappa shape index (κ3) is 4.04. The van der Waals surface area contributed by atoms with Crippen LogP contribution in [0, 0.1) is 12.7 Å². The molecule has 3 atom stereocenters. The quantitative estimate of drug-likeness (QED) is 0.733. The number of aryl methyl sites for hydroxylation is 1. The monoisotopic (exact) mass is 457 g/mol. The number of nitrogens with one attached hydrogen (secondary N) is 1. The van der Waals surface area contributed by atoms with Crippen LogP contribution in [-0.2, 0) is 0 Å². The molecule has 7 nitrogen and oxygen atoms in total. The van der Waals surface area contributed by atoms with E-state index < -0.39 is 5.82 Å². The Balaban J connectivity index is 1.35. The summed E-state index contributed by atoms with van der Waals surface area (Å²) in [5.41, 5.74) is 8.43. The van der Waals surface area contributed by atoms with Gasteiger partial charge in [0.05, 0.1) is 29.4 Å². The van der Waals surface area contributed by atoms with Gasteiger partial charge in [0.15, 0.2) is 5.82 Å². The highest BCUT2D eigenvalue weighted by Gasteiger charge is 2.35. The van der Waals surface area contributed by atoms with Crippen LogP contribution >= 0.6 is 11.6 Å². The molecule has 0 radical (unpaired) electrons. The van der Waals surface area contributed by atoms with Gasteiger partial charge in [-0.15, -0.1) is 0 Å². The molecule has 168 valence electrons. The fraction of sp³-hybridized carbons (Fsp3) is 0.435. The number of nitrogens with zero attached hydrogens (tertiary/aromatic N) is 3. The number of fused-ring (bicyclic) bond motifs is 2. The van der Waals surface area contributed by atoms with E-state index in [9.17, 15) is 9.18 Å². The number of hydrogen-bond acceptors (Lipinski definition) is 6. The topological polar surface area (TPSA) is 93.4 Å². The number of nitrogens with two attached hydrogens (primary N) is 1. The number of halogens is 2. The summed E-state index contributed by atoms with van der Waals surface area (Å²) in [6, 6.07) is 4.93. The van der Waals surface area contributed by atoms with Crippen LogP contribution in [0.15, 0.2) is 30.1 Å². The molecule has 9 heteroatoms. The zero-order chi connectivity index (χ0) is 22.4. The molecule has 0 spiro atoms. The van der Waals surface area contributed by atoms with Gasteiger partial charge in [0, 0.05) is 35.6 Å². The molecule has 2 bridgehead atoms. The Morgan fingerprint density at radius 1 is 1.28 bits per heavy atom. The Labute approximate surface area is 190 Å². The van der Waals surface area contributed by atoms with Crippen molar-refractivity contribution in [1.82, 2.24) is 20.2 Å². The largest absolute Gasteiger partial charge is 0.489 e. The highest BCUT2D eigenvalue weighted by Crippen LogP contribution is 2.32. The predicted molar refractivity (Wildman–Crippen MR) is 119 cm³/mol. The molecule has 3 aliphatic heterocycles. The summed E-state index contributed by atoms with van der Waals surface area (Å²) in [4.78, 5) is 23.6. The lowest BCUT2D eigenvalue weighted by Gasteiger charge is -2.30. The van der Waals surface area contributed by atoms with E-state index >= 15 is 0 Å². The van der Waals surface area contributed by atoms with Crippen LogP contribution in [-0.4, -0.2) is 52.1 Å². The highest BCUT2D eigenvalue weighted by molar-refractivity contribution is 6.31. The molecule has 0 saturated carbocycles. The van der Waals surface area contributed by atoms with E-state index in [0.29, 0.717) is 45.5 Å². The summed E-state index contributed by atoms with van der Waals surface area (Å²) in [7, 11) is 0. The summed E-state index contributed by atoms with van der Waals surface area (Å²) >= 11 is 6.03. The third-order valence-corrected chi connectivity index (χ3v) is 6.84. The number of piperidine rings is 1. The van der Waals surface area contributed by atoms with Crippen LogP contribution in [0.5, 0.6) is 5.75 Å². The van der Waals surface area contributed by atoms with Gasteiger partial charge < -0.3 is 20.7 Å². The zero-order valence-electron chi connectivity index (χ0n) is 17.8. The smallest absolute Gasteiger partial charge is 0.258 e. The molecule has 32 heavy (non-hydrogen) atoms. The Morgan fingerprint density at radius 3 is 2.75 bits per heavy atom.